The zero-order chi connectivity index (χ0) is 19.6. The fraction of sp³-hybridized carbons (Fsp3) is 0.300. The predicted molar refractivity (Wildman–Crippen MR) is 99.5 cm³/mol. The first-order chi connectivity index (χ1) is 13.0. The molecule has 0 saturated heterocycles. The van der Waals surface area contributed by atoms with Crippen LogP contribution in [0, 0.1) is 6.92 Å². The Labute approximate surface area is 158 Å². The van der Waals surface area contributed by atoms with E-state index in [0.29, 0.717) is 22.8 Å². The zero-order valence-electron chi connectivity index (χ0n) is 15.6. The minimum absolute atomic E-state index is 0.259. The summed E-state index contributed by atoms with van der Waals surface area (Å²) in [5.74, 6) is 0.794. The number of rotatable bonds is 9. The summed E-state index contributed by atoms with van der Waals surface area (Å²) in [5, 5.41) is 2.62. The third-order valence-corrected chi connectivity index (χ3v) is 3.73. The normalized spacial score (nSPS) is 10.0. The highest BCUT2D eigenvalue weighted by Crippen LogP contribution is 2.25. The number of benzene rings is 2. The minimum Gasteiger partial charge on any atom is -0.496 e. The second-order valence-corrected chi connectivity index (χ2v) is 5.61. The second kappa shape index (κ2) is 10.1. The summed E-state index contributed by atoms with van der Waals surface area (Å²) in [6.07, 6.45) is 0. The van der Waals surface area contributed by atoms with Crippen LogP contribution < -0.4 is 19.5 Å². The summed E-state index contributed by atoms with van der Waals surface area (Å²) in [4.78, 5) is 23.8. The van der Waals surface area contributed by atoms with Crippen molar-refractivity contribution in [1.82, 2.24) is 5.32 Å². The molecular formula is C20H23NO6. The number of carbonyl (C=O) groups excluding carboxylic acids is 2. The lowest BCUT2D eigenvalue weighted by Crippen LogP contribution is -2.32. The van der Waals surface area contributed by atoms with Gasteiger partial charge in [0.15, 0.2) is 18.1 Å². The van der Waals surface area contributed by atoms with Crippen molar-refractivity contribution in [2.75, 3.05) is 34.0 Å². The number of hydrogen-bond acceptors (Lipinski definition) is 6. The Morgan fingerprint density at radius 3 is 2.37 bits per heavy atom. The number of amides is 1. The van der Waals surface area contributed by atoms with Crippen molar-refractivity contribution < 1.29 is 28.5 Å². The first-order valence-electron chi connectivity index (χ1n) is 8.39. The molecule has 1 N–H and O–H groups in total. The molecule has 0 fully saturated rings. The van der Waals surface area contributed by atoms with E-state index in [1.54, 1.807) is 37.4 Å². The minimum atomic E-state index is -0.589. The summed E-state index contributed by atoms with van der Waals surface area (Å²) in [6, 6.07) is 12.2. The van der Waals surface area contributed by atoms with E-state index in [2.05, 4.69) is 5.32 Å². The number of para-hydroxylation sites is 2. The van der Waals surface area contributed by atoms with E-state index in [0.717, 1.165) is 5.56 Å². The van der Waals surface area contributed by atoms with Gasteiger partial charge < -0.3 is 24.3 Å². The van der Waals surface area contributed by atoms with Crippen LogP contribution in [0.15, 0.2) is 42.5 Å². The monoisotopic (exact) mass is 373 g/mol. The van der Waals surface area contributed by atoms with Gasteiger partial charge >= 0.3 is 5.97 Å². The fourth-order valence-corrected chi connectivity index (χ4v) is 2.30. The highest BCUT2D eigenvalue weighted by molar-refractivity contribution is 5.91. The Balaban J connectivity index is 1.72. The Morgan fingerprint density at radius 2 is 1.67 bits per heavy atom. The van der Waals surface area contributed by atoms with Gasteiger partial charge in [-0.2, -0.15) is 0 Å². The molecule has 2 aromatic carbocycles. The van der Waals surface area contributed by atoms with Crippen molar-refractivity contribution >= 4 is 11.9 Å². The summed E-state index contributed by atoms with van der Waals surface area (Å²) in [5.41, 5.74) is 1.23. The van der Waals surface area contributed by atoms with Crippen LogP contribution >= 0.6 is 0 Å². The molecule has 27 heavy (non-hydrogen) atoms. The van der Waals surface area contributed by atoms with Crippen LogP contribution in [0.5, 0.6) is 17.2 Å². The lowest BCUT2D eigenvalue weighted by Gasteiger charge is -2.11. The molecule has 0 aliphatic rings. The lowest BCUT2D eigenvalue weighted by molar-refractivity contribution is -0.124. The molecule has 2 aromatic rings. The lowest BCUT2D eigenvalue weighted by atomic mass is 10.1. The van der Waals surface area contributed by atoms with Gasteiger partial charge in [0.1, 0.15) is 12.4 Å². The molecule has 0 aliphatic heterocycles. The predicted octanol–water partition coefficient (Wildman–Crippen LogP) is 2.36. The van der Waals surface area contributed by atoms with Crippen LogP contribution in [0.1, 0.15) is 15.9 Å². The van der Waals surface area contributed by atoms with Gasteiger partial charge in [0.05, 0.1) is 26.3 Å². The van der Waals surface area contributed by atoms with Crippen molar-refractivity contribution in [1.29, 1.82) is 0 Å². The summed E-state index contributed by atoms with van der Waals surface area (Å²) >= 11 is 0. The van der Waals surface area contributed by atoms with Crippen molar-refractivity contribution in [3.05, 3.63) is 53.6 Å². The Morgan fingerprint density at radius 1 is 0.963 bits per heavy atom. The smallest absolute Gasteiger partial charge is 0.338 e. The maximum absolute atomic E-state index is 12.0. The third kappa shape index (κ3) is 5.91. The average Bonchev–Trinajstić information content (AvgIpc) is 2.70. The molecule has 0 saturated carbocycles. The molecule has 7 heteroatoms. The van der Waals surface area contributed by atoms with Gasteiger partial charge in [0, 0.05) is 0 Å². The maximum Gasteiger partial charge on any atom is 0.338 e. The standard InChI is InChI=1S/C20H23NO6/c1-14-8-9-15(12-18(14)25-3)20(23)27-13-19(22)21-10-11-26-17-7-5-4-6-16(17)24-2/h4-9,12H,10-11,13H2,1-3H3,(H,21,22). The van der Waals surface area contributed by atoms with E-state index in [1.165, 1.54) is 7.11 Å². The molecule has 0 atom stereocenters. The van der Waals surface area contributed by atoms with Crippen LogP contribution in [-0.2, 0) is 9.53 Å². The van der Waals surface area contributed by atoms with E-state index in [4.69, 9.17) is 18.9 Å². The Kier molecular flexibility index (Phi) is 7.49. The molecular weight excluding hydrogens is 350 g/mol. The van der Waals surface area contributed by atoms with Crippen LogP contribution in [0.4, 0.5) is 0 Å². The van der Waals surface area contributed by atoms with Crippen molar-refractivity contribution in [2.45, 2.75) is 6.92 Å². The van der Waals surface area contributed by atoms with Crippen molar-refractivity contribution in [3.63, 3.8) is 0 Å². The fourth-order valence-electron chi connectivity index (χ4n) is 2.30. The van der Waals surface area contributed by atoms with E-state index in [9.17, 15) is 9.59 Å². The highest BCUT2D eigenvalue weighted by Gasteiger charge is 2.12. The van der Waals surface area contributed by atoms with Crippen LogP contribution in [0.3, 0.4) is 0 Å². The van der Waals surface area contributed by atoms with Crippen molar-refractivity contribution in [2.24, 2.45) is 0 Å². The van der Waals surface area contributed by atoms with Gasteiger partial charge in [-0.25, -0.2) is 4.79 Å². The van der Waals surface area contributed by atoms with Crippen LogP contribution in [-0.4, -0.2) is 45.9 Å². The second-order valence-electron chi connectivity index (χ2n) is 5.61. The van der Waals surface area contributed by atoms with Gasteiger partial charge in [0.2, 0.25) is 0 Å². The number of hydrogen-bond donors (Lipinski definition) is 1. The zero-order valence-corrected chi connectivity index (χ0v) is 15.6. The Hall–Kier alpha value is -3.22. The van der Waals surface area contributed by atoms with Gasteiger partial charge in [-0.3, -0.25) is 4.79 Å². The molecule has 0 bridgehead atoms. The average molecular weight is 373 g/mol. The van der Waals surface area contributed by atoms with E-state index < -0.39 is 11.9 Å². The molecule has 0 radical (unpaired) electrons. The van der Waals surface area contributed by atoms with E-state index in [1.807, 2.05) is 19.1 Å². The first kappa shape index (κ1) is 20.1. The molecule has 1 amide bonds. The molecule has 0 aromatic heterocycles. The van der Waals surface area contributed by atoms with Crippen molar-refractivity contribution in [3.8, 4) is 17.2 Å². The quantitative estimate of drug-likeness (QED) is 0.537. The topological polar surface area (TPSA) is 83.1 Å². The first-order valence-corrected chi connectivity index (χ1v) is 8.39. The van der Waals surface area contributed by atoms with Crippen LogP contribution in [0.25, 0.3) is 0 Å². The van der Waals surface area contributed by atoms with Gasteiger partial charge in [0.25, 0.3) is 5.91 Å². The molecule has 2 rings (SSSR count). The molecule has 0 aliphatic carbocycles. The summed E-state index contributed by atoms with van der Waals surface area (Å²) in [7, 11) is 3.08. The van der Waals surface area contributed by atoms with E-state index >= 15 is 0 Å². The van der Waals surface area contributed by atoms with E-state index in [-0.39, 0.29) is 19.8 Å². The Bertz CT molecular complexity index is 790. The highest BCUT2D eigenvalue weighted by atomic mass is 16.5. The molecule has 144 valence electrons. The number of methoxy groups -OCH3 is 2. The maximum atomic E-state index is 12.0. The van der Waals surface area contributed by atoms with Gasteiger partial charge in [-0.05, 0) is 36.8 Å². The van der Waals surface area contributed by atoms with Gasteiger partial charge in [-0.1, -0.05) is 18.2 Å². The summed E-state index contributed by atoms with van der Waals surface area (Å²) in [6.45, 7) is 2.03. The molecule has 7 nitrogen and oxygen atoms in total. The largest absolute Gasteiger partial charge is 0.496 e. The molecule has 0 unspecified atom stereocenters. The number of ether oxygens (including phenoxy) is 4. The number of carbonyl (C=O) groups is 2. The number of nitrogens with one attached hydrogen (secondary N) is 1. The SMILES string of the molecule is COc1cc(C(=O)OCC(=O)NCCOc2ccccc2OC)ccc1C. The number of aryl methyl sites for hydroxylation is 1. The molecule has 0 heterocycles. The van der Waals surface area contributed by atoms with Crippen LogP contribution in [0.2, 0.25) is 0 Å². The molecule has 0 spiro atoms. The summed E-state index contributed by atoms with van der Waals surface area (Å²) < 4.78 is 20.9. The van der Waals surface area contributed by atoms with Gasteiger partial charge in [-0.15, -0.1) is 0 Å². The number of esters is 1. The third-order valence-electron chi connectivity index (χ3n) is 3.73.